The van der Waals surface area contributed by atoms with Crippen LogP contribution in [0.1, 0.15) is 40.5 Å². The molecule has 1 aliphatic heterocycles. The van der Waals surface area contributed by atoms with Gasteiger partial charge in [-0.1, -0.05) is 27.7 Å². The standard InChI is InChI=1S/C15H32N2O/c1-13(2)12-18-10-6-9-17-8-5-7-16-15(11-17)14(3)4/h13-16H,5-12H2,1-4H3. The zero-order valence-electron chi connectivity index (χ0n) is 12.7. The summed E-state index contributed by atoms with van der Waals surface area (Å²) >= 11 is 0. The molecule has 0 saturated carbocycles. The van der Waals surface area contributed by atoms with Crippen molar-refractivity contribution in [2.75, 3.05) is 39.4 Å². The fourth-order valence-electron chi connectivity index (χ4n) is 2.38. The molecule has 0 spiro atoms. The van der Waals surface area contributed by atoms with E-state index in [0.29, 0.717) is 12.0 Å². The molecule has 18 heavy (non-hydrogen) atoms. The molecular weight excluding hydrogens is 224 g/mol. The normalized spacial score (nSPS) is 22.7. The van der Waals surface area contributed by atoms with Crippen molar-refractivity contribution in [3.8, 4) is 0 Å². The quantitative estimate of drug-likeness (QED) is 0.708. The van der Waals surface area contributed by atoms with Gasteiger partial charge in [-0.2, -0.15) is 0 Å². The molecule has 0 aromatic carbocycles. The highest BCUT2D eigenvalue weighted by atomic mass is 16.5. The second-order valence-electron chi connectivity index (χ2n) is 6.28. The van der Waals surface area contributed by atoms with Crippen LogP contribution in [0.4, 0.5) is 0 Å². The van der Waals surface area contributed by atoms with Gasteiger partial charge in [-0.05, 0) is 37.8 Å². The first-order valence-corrected chi connectivity index (χ1v) is 7.63. The van der Waals surface area contributed by atoms with Crippen molar-refractivity contribution < 1.29 is 4.74 Å². The third-order valence-corrected chi connectivity index (χ3v) is 3.53. The molecular formula is C15H32N2O. The summed E-state index contributed by atoms with van der Waals surface area (Å²) in [6.07, 6.45) is 2.44. The summed E-state index contributed by atoms with van der Waals surface area (Å²) in [5, 5.41) is 3.65. The summed E-state index contributed by atoms with van der Waals surface area (Å²) in [4.78, 5) is 2.60. The first-order valence-electron chi connectivity index (χ1n) is 7.63. The molecule has 1 rings (SSSR count). The molecule has 1 saturated heterocycles. The number of ether oxygens (including phenoxy) is 1. The third kappa shape index (κ3) is 6.72. The Bertz CT molecular complexity index is 207. The average Bonchev–Trinajstić information content (AvgIpc) is 2.53. The largest absolute Gasteiger partial charge is 0.381 e. The van der Waals surface area contributed by atoms with Gasteiger partial charge < -0.3 is 15.0 Å². The third-order valence-electron chi connectivity index (χ3n) is 3.53. The first kappa shape index (κ1) is 15.9. The average molecular weight is 256 g/mol. The van der Waals surface area contributed by atoms with E-state index in [2.05, 4.69) is 37.9 Å². The Morgan fingerprint density at radius 3 is 2.72 bits per heavy atom. The van der Waals surface area contributed by atoms with E-state index in [0.717, 1.165) is 25.6 Å². The SMILES string of the molecule is CC(C)COCCCN1CCCNC(C(C)C)C1. The fraction of sp³-hybridized carbons (Fsp3) is 1.00. The summed E-state index contributed by atoms with van der Waals surface area (Å²) < 4.78 is 5.65. The topological polar surface area (TPSA) is 24.5 Å². The molecule has 0 radical (unpaired) electrons. The molecule has 1 aliphatic rings. The summed E-state index contributed by atoms with van der Waals surface area (Å²) in [7, 11) is 0. The summed E-state index contributed by atoms with van der Waals surface area (Å²) in [6.45, 7) is 15.6. The summed E-state index contributed by atoms with van der Waals surface area (Å²) in [5.41, 5.74) is 0. The maximum Gasteiger partial charge on any atom is 0.0489 e. The number of hydrogen-bond acceptors (Lipinski definition) is 3. The van der Waals surface area contributed by atoms with Crippen LogP contribution in [0.3, 0.4) is 0 Å². The van der Waals surface area contributed by atoms with Crippen LogP contribution < -0.4 is 5.32 Å². The molecule has 0 aromatic heterocycles. The van der Waals surface area contributed by atoms with Gasteiger partial charge in [0.25, 0.3) is 0 Å². The van der Waals surface area contributed by atoms with Crippen molar-refractivity contribution in [2.24, 2.45) is 11.8 Å². The Hall–Kier alpha value is -0.120. The molecule has 0 bridgehead atoms. The van der Waals surface area contributed by atoms with Crippen LogP contribution in [0, 0.1) is 11.8 Å². The second kappa shape index (κ2) is 8.89. The summed E-state index contributed by atoms with van der Waals surface area (Å²) in [5.74, 6) is 1.38. The van der Waals surface area contributed by atoms with Gasteiger partial charge in [-0.25, -0.2) is 0 Å². The second-order valence-corrected chi connectivity index (χ2v) is 6.28. The minimum atomic E-state index is 0.651. The van der Waals surface area contributed by atoms with Crippen LogP contribution in [0.2, 0.25) is 0 Å². The van der Waals surface area contributed by atoms with Crippen molar-refractivity contribution in [3.05, 3.63) is 0 Å². The Labute approximate surface area is 113 Å². The highest BCUT2D eigenvalue weighted by Crippen LogP contribution is 2.09. The van der Waals surface area contributed by atoms with Gasteiger partial charge in [0.15, 0.2) is 0 Å². The predicted octanol–water partition coefficient (Wildman–Crippen LogP) is 2.37. The number of hydrogen-bond donors (Lipinski definition) is 1. The fourth-order valence-corrected chi connectivity index (χ4v) is 2.38. The van der Waals surface area contributed by atoms with Crippen LogP contribution in [0.25, 0.3) is 0 Å². The van der Waals surface area contributed by atoms with E-state index in [1.807, 2.05) is 0 Å². The van der Waals surface area contributed by atoms with Crippen molar-refractivity contribution in [1.82, 2.24) is 10.2 Å². The van der Waals surface area contributed by atoms with Crippen molar-refractivity contribution in [1.29, 1.82) is 0 Å². The molecule has 1 fully saturated rings. The van der Waals surface area contributed by atoms with Crippen LogP contribution in [0.15, 0.2) is 0 Å². The molecule has 0 aliphatic carbocycles. The van der Waals surface area contributed by atoms with Gasteiger partial charge in [0, 0.05) is 32.3 Å². The highest BCUT2D eigenvalue weighted by Gasteiger charge is 2.19. The monoisotopic (exact) mass is 256 g/mol. The molecule has 1 N–H and O–H groups in total. The molecule has 0 amide bonds. The lowest BCUT2D eigenvalue weighted by atomic mass is 10.0. The first-order chi connectivity index (χ1) is 8.59. The molecule has 108 valence electrons. The predicted molar refractivity (Wildman–Crippen MR) is 78.0 cm³/mol. The Kier molecular flexibility index (Phi) is 7.87. The van der Waals surface area contributed by atoms with E-state index >= 15 is 0 Å². The Morgan fingerprint density at radius 2 is 2.06 bits per heavy atom. The Balaban J connectivity index is 2.15. The summed E-state index contributed by atoms with van der Waals surface area (Å²) in [6, 6.07) is 0.657. The van der Waals surface area contributed by atoms with E-state index in [4.69, 9.17) is 4.74 Å². The minimum absolute atomic E-state index is 0.651. The highest BCUT2D eigenvalue weighted by molar-refractivity contribution is 4.78. The van der Waals surface area contributed by atoms with Crippen LogP contribution >= 0.6 is 0 Å². The van der Waals surface area contributed by atoms with E-state index in [1.54, 1.807) is 0 Å². The van der Waals surface area contributed by atoms with Crippen molar-refractivity contribution >= 4 is 0 Å². The molecule has 1 unspecified atom stereocenters. The number of nitrogens with one attached hydrogen (secondary N) is 1. The molecule has 0 aromatic rings. The van der Waals surface area contributed by atoms with Gasteiger partial charge in [0.2, 0.25) is 0 Å². The zero-order valence-corrected chi connectivity index (χ0v) is 12.7. The van der Waals surface area contributed by atoms with E-state index in [-0.39, 0.29) is 0 Å². The van der Waals surface area contributed by atoms with Crippen molar-refractivity contribution in [3.63, 3.8) is 0 Å². The Morgan fingerprint density at radius 1 is 1.28 bits per heavy atom. The zero-order chi connectivity index (χ0) is 13.4. The van der Waals surface area contributed by atoms with Gasteiger partial charge in [0.1, 0.15) is 0 Å². The van der Waals surface area contributed by atoms with Crippen LogP contribution in [-0.2, 0) is 4.74 Å². The molecule has 1 atom stereocenters. The lowest BCUT2D eigenvalue weighted by molar-refractivity contribution is 0.0984. The minimum Gasteiger partial charge on any atom is -0.381 e. The van der Waals surface area contributed by atoms with Crippen LogP contribution in [-0.4, -0.2) is 50.3 Å². The molecule has 3 heteroatoms. The van der Waals surface area contributed by atoms with Gasteiger partial charge in [-0.3, -0.25) is 0 Å². The van der Waals surface area contributed by atoms with E-state index in [1.165, 1.54) is 32.6 Å². The van der Waals surface area contributed by atoms with Crippen molar-refractivity contribution in [2.45, 2.75) is 46.6 Å². The van der Waals surface area contributed by atoms with Gasteiger partial charge >= 0.3 is 0 Å². The molecule has 3 nitrogen and oxygen atoms in total. The smallest absolute Gasteiger partial charge is 0.0489 e. The van der Waals surface area contributed by atoms with E-state index in [9.17, 15) is 0 Å². The van der Waals surface area contributed by atoms with E-state index < -0.39 is 0 Å². The number of nitrogens with zero attached hydrogens (tertiary/aromatic N) is 1. The lowest BCUT2D eigenvalue weighted by Gasteiger charge is -2.26. The van der Waals surface area contributed by atoms with Crippen LogP contribution in [0.5, 0.6) is 0 Å². The van der Waals surface area contributed by atoms with Gasteiger partial charge in [0.05, 0.1) is 0 Å². The maximum absolute atomic E-state index is 5.65. The van der Waals surface area contributed by atoms with Gasteiger partial charge in [-0.15, -0.1) is 0 Å². The number of rotatable bonds is 7. The maximum atomic E-state index is 5.65. The molecule has 1 heterocycles. The lowest BCUT2D eigenvalue weighted by Crippen LogP contribution is -2.41.